The van der Waals surface area contributed by atoms with E-state index in [2.05, 4.69) is 25.8 Å². The highest BCUT2D eigenvalue weighted by Crippen LogP contribution is 2.71. The maximum absolute atomic E-state index is 14.0. The number of rotatable bonds is 3. The quantitative estimate of drug-likeness (QED) is 0.229. The van der Waals surface area contributed by atoms with E-state index in [9.17, 15) is 14.9 Å². The van der Waals surface area contributed by atoms with Gasteiger partial charge in [-0.15, -0.1) is 0 Å². The summed E-state index contributed by atoms with van der Waals surface area (Å²) in [6.45, 7) is 6.34. The summed E-state index contributed by atoms with van der Waals surface area (Å²) in [6.07, 6.45) is 1.44. The first-order valence-corrected chi connectivity index (χ1v) is 11.5. The van der Waals surface area contributed by atoms with Gasteiger partial charge in [-0.25, -0.2) is 15.0 Å². The number of nitro benzene ring substituents is 1. The Bertz CT molecular complexity index is 1480. The molecule has 9 heteroatoms. The summed E-state index contributed by atoms with van der Waals surface area (Å²) in [5.74, 6) is 0. The number of aromatic nitrogens is 3. The molecule has 0 N–H and O–H groups in total. The fourth-order valence-electron chi connectivity index (χ4n) is 5.72. The highest BCUT2D eigenvalue weighted by molar-refractivity contribution is 8.13. The van der Waals surface area contributed by atoms with Gasteiger partial charge in [0.15, 0.2) is 5.58 Å². The molecular weight excluding hydrogens is 440 g/mol. The summed E-state index contributed by atoms with van der Waals surface area (Å²) in [6, 6.07) is 11.9. The van der Waals surface area contributed by atoms with Gasteiger partial charge in [0.25, 0.3) is 10.9 Å². The standard InChI is InChI=1S/C24H20N4O4S/c1-22(2)23(3)10-11-24(22,20(29)33-21-27-15-6-4-5-7-17(15)32-21)19-18(23)25-14-9-8-13(28(30)31)12-16(14)26-19/h4-9,12H,10-11H2,1-3H3. The van der Waals surface area contributed by atoms with Gasteiger partial charge in [-0.2, -0.15) is 0 Å². The maximum Gasteiger partial charge on any atom is 0.271 e. The molecule has 1 saturated carbocycles. The first kappa shape index (κ1) is 20.3. The molecule has 0 radical (unpaired) electrons. The Labute approximate surface area is 193 Å². The number of benzene rings is 2. The second-order valence-corrected chi connectivity index (χ2v) is 10.5. The van der Waals surface area contributed by atoms with E-state index in [1.807, 2.05) is 24.3 Å². The topological polar surface area (TPSA) is 112 Å². The van der Waals surface area contributed by atoms with Crippen LogP contribution in [0.1, 0.15) is 45.0 Å². The van der Waals surface area contributed by atoms with Crippen molar-refractivity contribution < 1.29 is 14.1 Å². The van der Waals surface area contributed by atoms with Crippen LogP contribution in [-0.4, -0.2) is 25.0 Å². The van der Waals surface area contributed by atoms with Gasteiger partial charge in [0.05, 0.1) is 32.8 Å². The van der Waals surface area contributed by atoms with E-state index in [0.29, 0.717) is 39.5 Å². The zero-order valence-electron chi connectivity index (χ0n) is 18.3. The molecule has 0 amide bonds. The molecule has 33 heavy (non-hydrogen) atoms. The number of oxazole rings is 1. The average molecular weight is 461 g/mol. The first-order valence-electron chi connectivity index (χ1n) is 10.7. The number of non-ortho nitro benzene ring substituents is 1. The van der Waals surface area contributed by atoms with Crippen LogP contribution in [0.5, 0.6) is 0 Å². The molecule has 2 aromatic carbocycles. The Kier molecular flexibility index (Phi) is 3.92. The van der Waals surface area contributed by atoms with Crippen LogP contribution in [0.25, 0.3) is 22.1 Å². The van der Waals surface area contributed by atoms with Gasteiger partial charge in [-0.3, -0.25) is 14.9 Å². The van der Waals surface area contributed by atoms with Crippen LogP contribution in [0.2, 0.25) is 0 Å². The van der Waals surface area contributed by atoms with Crippen molar-refractivity contribution in [2.24, 2.45) is 5.41 Å². The van der Waals surface area contributed by atoms with Crippen LogP contribution in [-0.2, 0) is 15.6 Å². The molecule has 4 aromatic rings. The second-order valence-electron chi connectivity index (χ2n) is 9.55. The van der Waals surface area contributed by atoms with Gasteiger partial charge < -0.3 is 4.42 Å². The summed E-state index contributed by atoms with van der Waals surface area (Å²) < 4.78 is 5.81. The third-order valence-corrected chi connectivity index (χ3v) is 8.92. The molecule has 2 atom stereocenters. The van der Waals surface area contributed by atoms with E-state index in [-0.39, 0.29) is 16.2 Å². The third kappa shape index (κ3) is 2.43. The maximum atomic E-state index is 14.0. The first-order chi connectivity index (χ1) is 15.7. The Balaban J connectivity index is 1.52. The fraction of sp³-hybridized carbons (Fsp3) is 0.333. The monoisotopic (exact) mass is 460 g/mol. The van der Waals surface area contributed by atoms with Gasteiger partial charge in [-0.1, -0.05) is 32.9 Å². The molecule has 2 unspecified atom stereocenters. The molecule has 8 nitrogen and oxygen atoms in total. The van der Waals surface area contributed by atoms with E-state index in [4.69, 9.17) is 14.4 Å². The lowest BCUT2D eigenvalue weighted by molar-refractivity contribution is -0.384. The number of nitro groups is 1. The van der Waals surface area contributed by atoms with Crippen molar-refractivity contribution in [3.63, 3.8) is 0 Å². The molecule has 2 aromatic heterocycles. The number of carbonyl (C=O) groups excluding carboxylic acids is 1. The van der Waals surface area contributed by atoms with E-state index in [1.54, 1.807) is 6.07 Å². The van der Waals surface area contributed by atoms with Crippen molar-refractivity contribution in [2.75, 3.05) is 0 Å². The van der Waals surface area contributed by atoms with E-state index in [1.165, 1.54) is 12.1 Å². The third-order valence-electron chi connectivity index (χ3n) is 8.03. The summed E-state index contributed by atoms with van der Waals surface area (Å²) in [7, 11) is 0. The number of hydrogen-bond acceptors (Lipinski definition) is 8. The predicted octanol–water partition coefficient (Wildman–Crippen LogP) is 5.33. The number of para-hydroxylation sites is 2. The van der Waals surface area contributed by atoms with Gasteiger partial charge in [0, 0.05) is 29.3 Å². The summed E-state index contributed by atoms with van der Waals surface area (Å²) >= 11 is 1.00. The van der Waals surface area contributed by atoms with Crippen molar-refractivity contribution in [1.29, 1.82) is 0 Å². The number of carbonyl (C=O) groups is 1. The number of fused-ring (bicyclic) bond motifs is 7. The number of nitrogens with zero attached hydrogens (tertiary/aromatic N) is 4. The minimum atomic E-state index is -0.895. The molecule has 2 aliphatic rings. The number of thioether (sulfide) groups is 1. The van der Waals surface area contributed by atoms with Gasteiger partial charge in [-0.05, 0) is 36.5 Å². The second kappa shape index (κ2) is 6.38. The molecule has 166 valence electrons. The summed E-state index contributed by atoms with van der Waals surface area (Å²) in [5, 5.41) is 11.5. The molecule has 1 fully saturated rings. The normalized spacial score (nSPS) is 24.9. The lowest BCUT2D eigenvalue weighted by Crippen LogP contribution is -2.44. The van der Waals surface area contributed by atoms with E-state index >= 15 is 0 Å². The Hall–Kier alpha value is -3.33. The number of hydrogen-bond donors (Lipinski definition) is 0. The zero-order chi connectivity index (χ0) is 23.2. The molecule has 0 aliphatic heterocycles. The highest BCUT2D eigenvalue weighted by atomic mass is 32.2. The molecule has 0 spiro atoms. The predicted molar refractivity (Wildman–Crippen MR) is 123 cm³/mol. The average Bonchev–Trinajstić information content (AvgIpc) is 3.33. The smallest absolute Gasteiger partial charge is 0.271 e. The van der Waals surface area contributed by atoms with Crippen LogP contribution in [0.4, 0.5) is 5.69 Å². The molecule has 2 heterocycles. The van der Waals surface area contributed by atoms with Crippen molar-refractivity contribution in [3.8, 4) is 0 Å². The van der Waals surface area contributed by atoms with Crippen LogP contribution in [0.3, 0.4) is 0 Å². The van der Waals surface area contributed by atoms with Crippen LogP contribution < -0.4 is 0 Å². The molecule has 2 aliphatic carbocycles. The lowest BCUT2D eigenvalue weighted by atomic mass is 9.64. The van der Waals surface area contributed by atoms with Crippen molar-refractivity contribution >= 4 is 44.7 Å². The van der Waals surface area contributed by atoms with Crippen molar-refractivity contribution in [3.05, 3.63) is 64.0 Å². The van der Waals surface area contributed by atoms with Gasteiger partial charge in [0.2, 0.25) is 5.12 Å². The van der Waals surface area contributed by atoms with Crippen LogP contribution in [0, 0.1) is 15.5 Å². The van der Waals surface area contributed by atoms with E-state index in [0.717, 1.165) is 23.9 Å². The van der Waals surface area contributed by atoms with Crippen LogP contribution >= 0.6 is 11.8 Å². The Morgan fingerprint density at radius 2 is 1.76 bits per heavy atom. The fourth-order valence-corrected chi connectivity index (χ4v) is 6.78. The minimum Gasteiger partial charge on any atom is -0.431 e. The van der Waals surface area contributed by atoms with Crippen molar-refractivity contribution in [1.82, 2.24) is 15.0 Å². The highest BCUT2D eigenvalue weighted by Gasteiger charge is 2.73. The molecule has 6 rings (SSSR count). The van der Waals surface area contributed by atoms with Crippen molar-refractivity contribution in [2.45, 2.75) is 49.7 Å². The molecule has 2 bridgehead atoms. The Morgan fingerprint density at radius 1 is 1.00 bits per heavy atom. The van der Waals surface area contributed by atoms with E-state index < -0.39 is 15.8 Å². The summed E-state index contributed by atoms with van der Waals surface area (Å²) in [4.78, 5) is 39.0. The molecular formula is C24H20N4O4S. The van der Waals surface area contributed by atoms with Gasteiger partial charge >= 0.3 is 0 Å². The van der Waals surface area contributed by atoms with Gasteiger partial charge in [0.1, 0.15) is 5.52 Å². The Morgan fingerprint density at radius 3 is 2.52 bits per heavy atom. The summed E-state index contributed by atoms with van der Waals surface area (Å²) in [5.41, 5.74) is 2.04. The molecule has 0 saturated heterocycles. The lowest BCUT2D eigenvalue weighted by Gasteiger charge is -2.39. The van der Waals surface area contributed by atoms with Crippen LogP contribution in [0.15, 0.2) is 52.1 Å². The zero-order valence-corrected chi connectivity index (χ0v) is 19.1. The SMILES string of the molecule is CC12CCC(C(=O)Sc3nc4ccccc4o3)(c3nc4cc([N+](=O)[O-])ccc4nc31)C2(C)C. The largest absolute Gasteiger partial charge is 0.431 e. The minimum absolute atomic E-state index is 0.0494.